The summed E-state index contributed by atoms with van der Waals surface area (Å²) in [7, 11) is 0. The number of rotatable bonds is 5. The Morgan fingerprint density at radius 2 is 1.81 bits per heavy atom. The molecule has 0 radical (unpaired) electrons. The molecule has 0 spiro atoms. The molecule has 8 heteroatoms. The number of thiophene rings is 1. The van der Waals surface area contributed by atoms with Crippen LogP contribution < -0.4 is 5.32 Å². The van der Waals surface area contributed by atoms with Crippen molar-refractivity contribution in [3.8, 4) is 0 Å². The second kappa shape index (κ2) is 5.88. The van der Waals surface area contributed by atoms with Gasteiger partial charge in [-0.3, -0.25) is 20.2 Å². The molecule has 0 aliphatic heterocycles. The van der Waals surface area contributed by atoms with Crippen molar-refractivity contribution >= 4 is 27.7 Å². The lowest BCUT2D eigenvalue weighted by molar-refractivity contribution is -0.385. The molecule has 0 saturated heterocycles. The molecular weight excluding hydrogens is 294 g/mol. The van der Waals surface area contributed by atoms with Gasteiger partial charge in [0.05, 0.1) is 9.85 Å². The normalized spacial score (nSPS) is 10.4. The highest BCUT2D eigenvalue weighted by Crippen LogP contribution is 2.27. The first-order valence-electron chi connectivity index (χ1n) is 6.10. The van der Waals surface area contributed by atoms with Gasteiger partial charge >= 0.3 is 5.00 Å². The summed E-state index contributed by atoms with van der Waals surface area (Å²) in [6.45, 7) is 3.89. The summed E-state index contributed by atoms with van der Waals surface area (Å²) in [5.41, 5.74) is 3.01. The molecule has 21 heavy (non-hydrogen) atoms. The number of hydrogen-bond acceptors (Lipinski definition) is 6. The van der Waals surface area contributed by atoms with Gasteiger partial charge in [0.1, 0.15) is 0 Å². The Morgan fingerprint density at radius 1 is 1.10 bits per heavy atom. The predicted octanol–water partition coefficient (Wildman–Crippen LogP) is 3.79. The van der Waals surface area contributed by atoms with E-state index in [0.29, 0.717) is 12.1 Å². The van der Waals surface area contributed by atoms with Crippen molar-refractivity contribution in [2.45, 2.75) is 20.4 Å². The van der Waals surface area contributed by atoms with Crippen LogP contribution in [0.2, 0.25) is 0 Å². The van der Waals surface area contributed by atoms with Crippen LogP contribution in [0.1, 0.15) is 16.7 Å². The van der Waals surface area contributed by atoms with Crippen LogP contribution in [0.15, 0.2) is 23.6 Å². The summed E-state index contributed by atoms with van der Waals surface area (Å²) in [5.74, 6) is 0. The molecule has 0 unspecified atom stereocenters. The second-order valence-electron chi connectivity index (χ2n) is 4.61. The Labute approximate surface area is 124 Å². The summed E-state index contributed by atoms with van der Waals surface area (Å²) < 4.78 is 0. The molecule has 0 saturated carbocycles. The highest BCUT2D eigenvalue weighted by Gasteiger charge is 2.14. The fraction of sp³-hybridized carbons (Fsp3) is 0.231. The van der Waals surface area contributed by atoms with Gasteiger partial charge in [-0.1, -0.05) is 11.3 Å². The molecule has 1 heterocycles. The fourth-order valence-corrected chi connectivity index (χ4v) is 2.67. The smallest absolute Gasteiger partial charge is 0.324 e. The maximum absolute atomic E-state index is 10.9. The van der Waals surface area contributed by atoms with E-state index in [1.165, 1.54) is 12.1 Å². The first-order chi connectivity index (χ1) is 9.88. The number of benzene rings is 1. The zero-order chi connectivity index (χ0) is 15.6. The van der Waals surface area contributed by atoms with Crippen LogP contribution in [-0.4, -0.2) is 9.85 Å². The molecule has 0 aliphatic carbocycles. The van der Waals surface area contributed by atoms with E-state index < -0.39 is 9.85 Å². The maximum Gasteiger partial charge on any atom is 0.324 e. The molecule has 0 bridgehead atoms. The average molecular weight is 307 g/mol. The van der Waals surface area contributed by atoms with Gasteiger partial charge in [0.2, 0.25) is 0 Å². The van der Waals surface area contributed by atoms with Gasteiger partial charge in [-0.25, -0.2) is 0 Å². The quantitative estimate of drug-likeness (QED) is 0.669. The van der Waals surface area contributed by atoms with Crippen molar-refractivity contribution in [2.24, 2.45) is 0 Å². The molecule has 0 atom stereocenters. The van der Waals surface area contributed by atoms with E-state index >= 15 is 0 Å². The Morgan fingerprint density at radius 3 is 2.38 bits per heavy atom. The maximum atomic E-state index is 10.9. The van der Waals surface area contributed by atoms with E-state index in [9.17, 15) is 20.2 Å². The van der Waals surface area contributed by atoms with Gasteiger partial charge in [-0.05, 0) is 31.0 Å². The zero-order valence-electron chi connectivity index (χ0n) is 11.5. The minimum Gasteiger partial charge on any atom is -0.381 e. The molecule has 0 aliphatic rings. The topological polar surface area (TPSA) is 98.3 Å². The van der Waals surface area contributed by atoms with E-state index in [1.54, 1.807) is 25.3 Å². The highest BCUT2D eigenvalue weighted by atomic mass is 32.1. The summed E-state index contributed by atoms with van der Waals surface area (Å²) in [6.07, 6.45) is 0. The summed E-state index contributed by atoms with van der Waals surface area (Å²) in [6, 6.07) is 4.76. The molecule has 2 rings (SSSR count). The Balaban J connectivity index is 2.14. The Bertz CT molecular complexity index is 711. The molecule has 0 fully saturated rings. The van der Waals surface area contributed by atoms with Crippen molar-refractivity contribution in [1.29, 1.82) is 0 Å². The van der Waals surface area contributed by atoms with Crippen LogP contribution in [0.3, 0.4) is 0 Å². The number of hydrogen-bond donors (Lipinski definition) is 1. The van der Waals surface area contributed by atoms with E-state index in [1.807, 2.05) is 0 Å². The minimum absolute atomic E-state index is 0.0872. The monoisotopic (exact) mass is 307 g/mol. The van der Waals surface area contributed by atoms with E-state index in [-0.39, 0.29) is 10.7 Å². The largest absolute Gasteiger partial charge is 0.381 e. The van der Waals surface area contributed by atoms with Crippen LogP contribution in [0, 0.1) is 34.1 Å². The summed E-state index contributed by atoms with van der Waals surface area (Å²) in [5, 5.41) is 26.4. The number of nitrogens with one attached hydrogen (secondary N) is 1. The number of anilines is 1. The van der Waals surface area contributed by atoms with Crippen LogP contribution in [0.25, 0.3) is 0 Å². The number of nitro benzene ring substituents is 1. The van der Waals surface area contributed by atoms with Gasteiger partial charge in [0.25, 0.3) is 5.69 Å². The van der Waals surface area contributed by atoms with Gasteiger partial charge in [-0.15, -0.1) is 0 Å². The Hall–Kier alpha value is -2.48. The van der Waals surface area contributed by atoms with Crippen LogP contribution in [0.4, 0.5) is 16.4 Å². The number of nitrogens with zero attached hydrogens (tertiary/aromatic N) is 2. The van der Waals surface area contributed by atoms with Crippen molar-refractivity contribution in [1.82, 2.24) is 0 Å². The molecule has 2 aromatic rings. The van der Waals surface area contributed by atoms with Gasteiger partial charge in [-0.2, -0.15) is 0 Å². The van der Waals surface area contributed by atoms with Gasteiger partial charge in [0.15, 0.2) is 0 Å². The lowest BCUT2D eigenvalue weighted by atomic mass is 10.1. The van der Waals surface area contributed by atoms with Crippen molar-refractivity contribution < 1.29 is 9.85 Å². The molecule has 1 N–H and O–H groups in total. The molecule has 1 aromatic carbocycles. The average Bonchev–Trinajstić information content (AvgIpc) is 2.88. The molecule has 110 valence electrons. The number of nitro groups is 2. The Kier molecular flexibility index (Phi) is 4.18. The van der Waals surface area contributed by atoms with Crippen LogP contribution in [0.5, 0.6) is 0 Å². The third-order valence-electron chi connectivity index (χ3n) is 3.04. The van der Waals surface area contributed by atoms with E-state index in [2.05, 4.69) is 5.32 Å². The number of aryl methyl sites for hydroxylation is 2. The van der Waals surface area contributed by atoms with Crippen molar-refractivity contribution in [2.75, 3.05) is 5.32 Å². The van der Waals surface area contributed by atoms with Crippen molar-refractivity contribution in [3.63, 3.8) is 0 Å². The summed E-state index contributed by atoms with van der Waals surface area (Å²) in [4.78, 5) is 20.6. The predicted molar refractivity (Wildman–Crippen MR) is 80.9 cm³/mol. The minimum atomic E-state index is -0.421. The van der Waals surface area contributed by atoms with Gasteiger partial charge < -0.3 is 5.32 Å². The van der Waals surface area contributed by atoms with Gasteiger partial charge in [0, 0.05) is 35.3 Å². The lowest BCUT2D eigenvalue weighted by Gasteiger charge is -2.10. The lowest BCUT2D eigenvalue weighted by Crippen LogP contribution is -2.02. The van der Waals surface area contributed by atoms with E-state index in [4.69, 9.17) is 0 Å². The molecular formula is C13H13N3O4S. The second-order valence-corrected chi connectivity index (χ2v) is 5.50. The molecule has 1 aromatic heterocycles. The van der Waals surface area contributed by atoms with E-state index in [0.717, 1.165) is 28.2 Å². The molecule has 0 amide bonds. The fourth-order valence-electron chi connectivity index (χ4n) is 1.94. The first kappa shape index (κ1) is 14.9. The third-order valence-corrected chi connectivity index (χ3v) is 3.97. The third kappa shape index (κ3) is 3.34. The molecule has 7 nitrogen and oxygen atoms in total. The zero-order valence-corrected chi connectivity index (χ0v) is 12.3. The SMILES string of the molecule is Cc1cc([N+](=O)[O-])c(C)cc1NCc1csc([N+](=O)[O-])c1. The first-order valence-corrected chi connectivity index (χ1v) is 6.97. The van der Waals surface area contributed by atoms with Crippen LogP contribution >= 0.6 is 11.3 Å². The summed E-state index contributed by atoms with van der Waals surface area (Å²) >= 11 is 1.08. The highest BCUT2D eigenvalue weighted by molar-refractivity contribution is 7.13. The standard InChI is InChI=1S/C13H13N3O4S/c1-8-4-12(15(17)18)9(2)3-11(8)14-6-10-5-13(16(19)20)21-7-10/h3-5,7,14H,6H2,1-2H3. The van der Waals surface area contributed by atoms with Crippen LogP contribution in [-0.2, 0) is 6.54 Å². The van der Waals surface area contributed by atoms with Crippen molar-refractivity contribution in [3.05, 3.63) is 60.5 Å².